The second kappa shape index (κ2) is 7.90. The van der Waals surface area contributed by atoms with Crippen molar-refractivity contribution in [3.63, 3.8) is 0 Å². The van der Waals surface area contributed by atoms with Crippen LogP contribution in [0, 0.1) is 11.6 Å². The molecule has 0 unspecified atom stereocenters. The highest BCUT2D eigenvalue weighted by Gasteiger charge is 2.50. The molecule has 1 aliphatic heterocycles. The molecule has 3 rings (SSSR count). The van der Waals surface area contributed by atoms with Gasteiger partial charge in [0.1, 0.15) is 23.7 Å². The predicted octanol–water partition coefficient (Wildman–Crippen LogP) is 2.33. The minimum atomic E-state index is -1.84. The van der Waals surface area contributed by atoms with Crippen LogP contribution in [0.4, 0.5) is 25.0 Å². The van der Waals surface area contributed by atoms with Crippen LogP contribution in [-0.4, -0.2) is 35.2 Å². The lowest BCUT2D eigenvalue weighted by molar-refractivity contribution is -0.133. The molecule has 1 saturated heterocycles. The third-order valence-corrected chi connectivity index (χ3v) is 4.53. The van der Waals surface area contributed by atoms with E-state index >= 15 is 0 Å². The molecule has 30 heavy (non-hydrogen) atoms. The summed E-state index contributed by atoms with van der Waals surface area (Å²) in [5, 5.41) is 7.41. The molecule has 156 valence electrons. The number of rotatable bonds is 5. The maximum absolute atomic E-state index is 14.2. The lowest BCUT2D eigenvalue weighted by atomic mass is 9.91. The number of carbonyl (C=O) groups is 4. The number of anilines is 2. The Bertz CT molecular complexity index is 1040. The van der Waals surface area contributed by atoms with Crippen molar-refractivity contribution in [3.8, 4) is 0 Å². The Morgan fingerprint density at radius 3 is 2.23 bits per heavy atom. The zero-order valence-corrected chi connectivity index (χ0v) is 16.1. The van der Waals surface area contributed by atoms with Gasteiger partial charge < -0.3 is 16.0 Å². The highest BCUT2D eigenvalue weighted by Crippen LogP contribution is 2.31. The summed E-state index contributed by atoms with van der Waals surface area (Å²) in [7, 11) is 0. The van der Waals surface area contributed by atoms with E-state index in [9.17, 15) is 28.0 Å². The summed E-state index contributed by atoms with van der Waals surface area (Å²) >= 11 is 0. The Morgan fingerprint density at radius 2 is 1.63 bits per heavy atom. The van der Waals surface area contributed by atoms with E-state index in [0.717, 1.165) is 18.2 Å². The first-order valence-electron chi connectivity index (χ1n) is 8.87. The van der Waals surface area contributed by atoms with Crippen LogP contribution in [0.15, 0.2) is 42.5 Å². The summed E-state index contributed by atoms with van der Waals surface area (Å²) in [5.41, 5.74) is -1.27. The number of hydrogen-bond donors (Lipinski definition) is 3. The molecule has 0 aliphatic carbocycles. The van der Waals surface area contributed by atoms with Gasteiger partial charge in [-0.05, 0) is 49.4 Å². The molecule has 0 saturated carbocycles. The average molecular weight is 416 g/mol. The number of halogens is 2. The van der Waals surface area contributed by atoms with E-state index in [-0.39, 0.29) is 11.5 Å². The van der Waals surface area contributed by atoms with Gasteiger partial charge in [0.25, 0.3) is 5.91 Å². The molecule has 0 bridgehead atoms. The molecule has 1 heterocycles. The first-order chi connectivity index (χ1) is 14.1. The van der Waals surface area contributed by atoms with Gasteiger partial charge in [0.05, 0.1) is 0 Å². The molecule has 0 aromatic heterocycles. The molecule has 3 N–H and O–H groups in total. The molecular formula is C20H18F2N4O4. The Hall–Kier alpha value is -3.82. The van der Waals surface area contributed by atoms with Crippen LogP contribution >= 0.6 is 0 Å². The van der Waals surface area contributed by atoms with Crippen molar-refractivity contribution in [2.75, 3.05) is 17.2 Å². The van der Waals surface area contributed by atoms with Crippen LogP contribution in [0.3, 0.4) is 0 Å². The zero-order chi connectivity index (χ0) is 22.1. The van der Waals surface area contributed by atoms with Gasteiger partial charge >= 0.3 is 6.03 Å². The SMILES string of the molecule is CC(=O)Nc1ccc(NC(=O)CN2C(=O)N[C@@](C)(c3cc(F)ccc3F)C2=O)cc1. The Balaban J connectivity index is 1.71. The minimum absolute atomic E-state index is 0.247. The molecular weight excluding hydrogens is 398 g/mol. The largest absolute Gasteiger partial charge is 0.326 e. The minimum Gasteiger partial charge on any atom is -0.326 e. The Kier molecular flexibility index (Phi) is 5.50. The van der Waals surface area contributed by atoms with Crippen LogP contribution in [-0.2, 0) is 19.9 Å². The number of nitrogens with zero attached hydrogens (tertiary/aromatic N) is 1. The monoisotopic (exact) mass is 416 g/mol. The van der Waals surface area contributed by atoms with Crippen molar-refractivity contribution in [2.45, 2.75) is 19.4 Å². The summed E-state index contributed by atoms with van der Waals surface area (Å²) in [6, 6.07) is 7.86. The fourth-order valence-corrected chi connectivity index (χ4v) is 3.09. The standard InChI is InChI=1S/C20H18F2N4O4/c1-11(27)23-13-4-6-14(7-5-13)24-17(28)10-26-18(29)20(2,25-19(26)30)15-9-12(21)3-8-16(15)22/h3-9H,10H2,1-2H3,(H,23,27)(H,24,28)(H,25,30)/t20-/m0/s1. The van der Waals surface area contributed by atoms with Gasteiger partial charge in [-0.2, -0.15) is 0 Å². The van der Waals surface area contributed by atoms with Gasteiger partial charge in [-0.25, -0.2) is 13.6 Å². The van der Waals surface area contributed by atoms with Crippen LogP contribution in [0.2, 0.25) is 0 Å². The maximum atomic E-state index is 14.2. The molecule has 2 aromatic rings. The van der Waals surface area contributed by atoms with E-state index in [1.807, 2.05) is 0 Å². The quantitative estimate of drug-likeness (QED) is 0.650. The summed E-state index contributed by atoms with van der Waals surface area (Å²) < 4.78 is 27.7. The molecule has 2 aromatic carbocycles. The van der Waals surface area contributed by atoms with Crippen LogP contribution < -0.4 is 16.0 Å². The number of nitrogens with one attached hydrogen (secondary N) is 3. The lowest BCUT2D eigenvalue weighted by Gasteiger charge is -2.22. The van der Waals surface area contributed by atoms with Crippen molar-refractivity contribution >= 4 is 35.1 Å². The van der Waals surface area contributed by atoms with Gasteiger partial charge in [0.2, 0.25) is 11.8 Å². The molecule has 1 fully saturated rings. The average Bonchev–Trinajstić information content (AvgIpc) is 2.89. The van der Waals surface area contributed by atoms with Crippen molar-refractivity contribution in [1.29, 1.82) is 0 Å². The Labute approximate surface area is 170 Å². The van der Waals surface area contributed by atoms with E-state index in [2.05, 4.69) is 16.0 Å². The van der Waals surface area contributed by atoms with Crippen molar-refractivity contribution in [3.05, 3.63) is 59.7 Å². The van der Waals surface area contributed by atoms with E-state index in [0.29, 0.717) is 16.3 Å². The van der Waals surface area contributed by atoms with Crippen LogP contribution in [0.1, 0.15) is 19.4 Å². The molecule has 10 heteroatoms. The van der Waals surface area contributed by atoms with Gasteiger partial charge in [-0.15, -0.1) is 0 Å². The third kappa shape index (κ3) is 4.12. The zero-order valence-electron chi connectivity index (χ0n) is 16.1. The predicted molar refractivity (Wildman–Crippen MR) is 103 cm³/mol. The van der Waals surface area contributed by atoms with Gasteiger partial charge in [0.15, 0.2) is 0 Å². The van der Waals surface area contributed by atoms with Crippen molar-refractivity contribution < 1.29 is 28.0 Å². The fourth-order valence-electron chi connectivity index (χ4n) is 3.09. The fraction of sp³-hybridized carbons (Fsp3) is 0.200. The molecule has 0 radical (unpaired) electrons. The normalized spacial score (nSPS) is 18.2. The van der Waals surface area contributed by atoms with Gasteiger partial charge in [-0.1, -0.05) is 0 Å². The summed E-state index contributed by atoms with van der Waals surface area (Å²) in [6.45, 7) is 1.98. The number of urea groups is 1. The Morgan fingerprint density at radius 1 is 1.03 bits per heavy atom. The van der Waals surface area contributed by atoms with E-state index in [4.69, 9.17) is 0 Å². The first kappa shape index (κ1) is 20.9. The summed E-state index contributed by atoms with van der Waals surface area (Å²) in [5.74, 6) is -3.43. The van der Waals surface area contributed by atoms with Gasteiger partial charge in [0, 0.05) is 23.9 Å². The summed E-state index contributed by atoms with van der Waals surface area (Å²) in [6.07, 6.45) is 0. The first-order valence-corrected chi connectivity index (χ1v) is 8.87. The van der Waals surface area contributed by atoms with Gasteiger partial charge in [-0.3, -0.25) is 19.3 Å². The van der Waals surface area contributed by atoms with Crippen molar-refractivity contribution in [1.82, 2.24) is 10.2 Å². The number of imide groups is 1. The van der Waals surface area contributed by atoms with Crippen LogP contribution in [0.25, 0.3) is 0 Å². The third-order valence-electron chi connectivity index (χ3n) is 4.53. The molecule has 8 nitrogen and oxygen atoms in total. The van der Waals surface area contributed by atoms with E-state index in [1.165, 1.54) is 26.0 Å². The summed E-state index contributed by atoms with van der Waals surface area (Å²) in [4.78, 5) is 49.0. The molecule has 1 aliphatic rings. The number of amides is 5. The maximum Gasteiger partial charge on any atom is 0.325 e. The van der Waals surface area contributed by atoms with Crippen LogP contribution in [0.5, 0.6) is 0 Å². The second-order valence-corrected chi connectivity index (χ2v) is 6.88. The number of hydrogen-bond acceptors (Lipinski definition) is 4. The molecule has 5 amide bonds. The smallest absolute Gasteiger partial charge is 0.325 e. The molecule has 0 spiro atoms. The highest BCUT2D eigenvalue weighted by atomic mass is 19.1. The number of benzene rings is 2. The molecule has 1 atom stereocenters. The number of carbonyl (C=O) groups excluding carboxylic acids is 4. The second-order valence-electron chi connectivity index (χ2n) is 6.88. The van der Waals surface area contributed by atoms with Crippen molar-refractivity contribution in [2.24, 2.45) is 0 Å². The van der Waals surface area contributed by atoms with E-state index < -0.39 is 41.6 Å². The van der Waals surface area contributed by atoms with E-state index in [1.54, 1.807) is 12.1 Å². The highest BCUT2D eigenvalue weighted by molar-refractivity contribution is 6.10. The lowest BCUT2D eigenvalue weighted by Crippen LogP contribution is -2.42. The topological polar surface area (TPSA) is 108 Å².